The van der Waals surface area contributed by atoms with Gasteiger partial charge < -0.3 is 10.6 Å². The first-order valence-electron chi connectivity index (χ1n) is 4.21. The zero-order valence-electron chi connectivity index (χ0n) is 8.72. The Morgan fingerprint density at radius 2 is 1.83 bits per heavy atom. The molecule has 0 heterocycles. The van der Waals surface area contributed by atoms with Gasteiger partial charge in [-0.3, -0.25) is 4.79 Å². The van der Waals surface area contributed by atoms with E-state index < -0.39 is 0 Å². The van der Waals surface area contributed by atoms with Crippen LogP contribution in [0.2, 0.25) is 0 Å². The van der Waals surface area contributed by atoms with Crippen LogP contribution in [0, 0.1) is 5.41 Å². The third-order valence-electron chi connectivity index (χ3n) is 2.01. The summed E-state index contributed by atoms with van der Waals surface area (Å²) >= 11 is 0. The van der Waals surface area contributed by atoms with E-state index in [1.165, 1.54) is 0 Å². The fourth-order valence-corrected chi connectivity index (χ4v) is 0.677. The molecule has 0 aromatic carbocycles. The number of carbonyl (C=O) groups is 1. The number of nitrogens with two attached hydrogens (primary N) is 1. The molecule has 0 spiro atoms. The Morgan fingerprint density at radius 1 is 1.42 bits per heavy atom. The van der Waals surface area contributed by atoms with E-state index >= 15 is 0 Å². The molecule has 0 rings (SSSR count). The summed E-state index contributed by atoms with van der Waals surface area (Å²) in [5, 5.41) is 0. The van der Waals surface area contributed by atoms with Gasteiger partial charge in [-0.25, -0.2) is 0 Å². The average Bonchev–Trinajstić information content (AvgIpc) is 1.85. The molecular weight excluding hydrogens is 152 g/mol. The lowest BCUT2D eigenvalue weighted by Crippen LogP contribution is -2.39. The van der Waals surface area contributed by atoms with E-state index in [9.17, 15) is 4.79 Å². The summed E-state index contributed by atoms with van der Waals surface area (Å²) in [5.41, 5.74) is 5.85. The van der Waals surface area contributed by atoms with Gasteiger partial charge in [0.15, 0.2) is 0 Å². The summed E-state index contributed by atoms with van der Waals surface area (Å²) in [6, 6.07) is -0.0626. The van der Waals surface area contributed by atoms with E-state index in [0.29, 0.717) is 6.42 Å². The minimum absolute atomic E-state index is 0.00562. The van der Waals surface area contributed by atoms with Crippen LogP contribution >= 0.6 is 0 Å². The number of nitrogens with zero attached hydrogens (tertiary/aromatic N) is 1. The minimum atomic E-state index is -0.0626. The van der Waals surface area contributed by atoms with Gasteiger partial charge in [0.2, 0.25) is 5.91 Å². The minimum Gasteiger partial charge on any atom is -0.349 e. The Bertz CT molecular complexity index is 158. The number of amides is 1. The van der Waals surface area contributed by atoms with E-state index in [1.54, 1.807) is 19.0 Å². The molecule has 2 N–H and O–H groups in total. The molecule has 0 fully saturated rings. The fraction of sp³-hybridized carbons (Fsp3) is 0.889. The molecule has 0 aliphatic heterocycles. The lowest BCUT2D eigenvalue weighted by atomic mass is 9.85. The molecule has 0 aliphatic rings. The van der Waals surface area contributed by atoms with Crippen LogP contribution in [0.15, 0.2) is 0 Å². The van der Waals surface area contributed by atoms with Crippen LogP contribution in [0.3, 0.4) is 0 Å². The molecule has 1 amide bonds. The molecule has 0 bridgehead atoms. The third kappa shape index (κ3) is 3.72. The van der Waals surface area contributed by atoms with Gasteiger partial charge in [-0.2, -0.15) is 0 Å². The maximum absolute atomic E-state index is 11.2. The van der Waals surface area contributed by atoms with Crippen molar-refractivity contribution in [2.24, 2.45) is 11.1 Å². The molecular formula is C9H20N2O. The maximum Gasteiger partial charge on any atom is 0.223 e. The topological polar surface area (TPSA) is 46.3 Å². The van der Waals surface area contributed by atoms with Crippen molar-refractivity contribution >= 4 is 5.91 Å². The Kier molecular flexibility index (Phi) is 3.71. The van der Waals surface area contributed by atoms with E-state index in [-0.39, 0.29) is 17.4 Å². The van der Waals surface area contributed by atoms with Crippen LogP contribution in [0.4, 0.5) is 0 Å². The molecule has 1 atom stereocenters. The smallest absolute Gasteiger partial charge is 0.223 e. The molecule has 0 saturated carbocycles. The van der Waals surface area contributed by atoms with Crippen molar-refractivity contribution in [2.75, 3.05) is 14.1 Å². The highest BCUT2D eigenvalue weighted by molar-refractivity contribution is 5.76. The van der Waals surface area contributed by atoms with Crippen LogP contribution in [-0.2, 0) is 4.79 Å². The van der Waals surface area contributed by atoms with Gasteiger partial charge in [0.05, 0.1) is 0 Å². The standard InChI is InChI=1S/C9H20N2O/c1-9(2,3)7(10)6-8(12)11(4)5/h7H,6,10H2,1-5H3. The predicted molar refractivity (Wildman–Crippen MR) is 50.7 cm³/mol. The van der Waals surface area contributed by atoms with Crippen molar-refractivity contribution in [1.29, 1.82) is 0 Å². The second kappa shape index (κ2) is 3.90. The van der Waals surface area contributed by atoms with Crippen molar-refractivity contribution < 1.29 is 4.79 Å². The normalized spacial score (nSPS) is 14.2. The molecule has 0 aromatic heterocycles. The van der Waals surface area contributed by atoms with Gasteiger partial charge >= 0.3 is 0 Å². The van der Waals surface area contributed by atoms with E-state index in [0.717, 1.165) is 0 Å². The molecule has 3 heteroatoms. The monoisotopic (exact) mass is 172 g/mol. The molecule has 3 nitrogen and oxygen atoms in total. The SMILES string of the molecule is CN(C)C(=O)CC(N)C(C)(C)C. The van der Waals surface area contributed by atoms with Crippen LogP contribution in [0.1, 0.15) is 27.2 Å². The Hall–Kier alpha value is -0.570. The van der Waals surface area contributed by atoms with Crippen LogP contribution in [0.5, 0.6) is 0 Å². The van der Waals surface area contributed by atoms with Gasteiger partial charge in [-0.1, -0.05) is 20.8 Å². The third-order valence-corrected chi connectivity index (χ3v) is 2.01. The number of hydrogen-bond acceptors (Lipinski definition) is 2. The molecule has 0 radical (unpaired) electrons. The maximum atomic E-state index is 11.2. The van der Waals surface area contributed by atoms with E-state index in [1.807, 2.05) is 20.8 Å². The van der Waals surface area contributed by atoms with Crippen molar-refractivity contribution in [3.8, 4) is 0 Å². The second-order valence-corrected chi connectivity index (χ2v) is 4.46. The Morgan fingerprint density at radius 3 is 2.08 bits per heavy atom. The quantitative estimate of drug-likeness (QED) is 0.671. The lowest BCUT2D eigenvalue weighted by Gasteiger charge is -2.27. The lowest BCUT2D eigenvalue weighted by molar-refractivity contribution is -0.129. The van der Waals surface area contributed by atoms with Gasteiger partial charge in [-0.15, -0.1) is 0 Å². The molecule has 72 valence electrons. The molecule has 0 aromatic rings. The summed E-state index contributed by atoms with van der Waals surface area (Å²) in [7, 11) is 3.50. The van der Waals surface area contributed by atoms with E-state index in [2.05, 4.69) is 0 Å². The molecule has 12 heavy (non-hydrogen) atoms. The molecule has 0 aliphatic carbocycles. The Labute approximate surface area is 74.9 Å². The zero-order valence-corrected chi connectivity index (χ0v) is 8.72. The first-order chi connectivity index (χ1) is 5.25. The second-order valence-electron chi connectivity index (χ2n) is 4.46. The zero-order chi connectivity index (χ0) is 9.94. The number of rotatable bonds is 2. The average molecular weight is 172 g/mol. The van der Waals surface area contributed by atoms with Gasteiger partial charge in [-0.05, 0) is 5.41 Å². The van der Waals surface area contributed by atoms with Crippen LogP contribution < -0.4 is 5.73 Å². The first-order valence-corrected chi connectivity index (χ1v) is 4.21. The fourth-order valence-electron chi connectivity index (χ4n) is 0.677. The van der Waals surface area contributed by atoms with E-state index in [4.69, 9.17) is 5.73 Å². The summed E-state index contributed by atoms with van der Waals surface area (Å²) < 4.78 is 0. The highest BCUT2D eigenvalue weighted by atomic mass is 16.2. The van der Waals surface area contributed by atoms with Crippen LogP contribution in [-0.4, -0.2) is 30.9 Å². The summed E-state index contributed by atoms with van der Waals surface area (Å²) in [6.45, 7) is 6.13. The predicted octanol–water partition coefficient (Wildman–Crippen LogP) is 0.838. The van der Waals surface area contributed by atoms with Crippen molar-refractivity contribution in [1.82, 2.24) is 4.90 Å². The molecule has 0 saturated heterocycles. The van der Waals surface area contributed by atoms with Gasteiger partial charge in [0.25, 0.3) is 0 Å². The van der Waals surface area contributed by atoms with Crippen molar-refractivity contribution in [2.45, 2.75) is 33.2 Å². The summed E-state index contributed by atoms with van der Waals surface area (Å²) in [6.07, 6.45) is 0.427. The number of carbonyl (C=O) groups excluding carboxylic acids is 1. The van der Waals surface area contributed by atoms with Crippen molar-refractivity contribution in [3.63, 3.8) is 0 Å². The van der Waals surface area contributed by atoms with Gasteiger partial charge in [0, 0.05) is 26.6 Å². The first kappa shape index (κ1) is 11.4. The largest absolute Gasteiger partial charge is 0.349 e. The van der Waals surface area contributed by atoms with Crippen molar-refractivity contribution in [3.05, 3.63) is 0 Å². The molecule has 1 unspecified atom stereocenters. The highest BCUT2D eigenvalue weighted by Gasteiger charge is 2.23. The highest BCUT2D eigenvalue weighted by Crippen LogP contribution is 2.19. The Balaban J connectivity index is 4.02. The van der Waals surface area contributed by atoms with Crippen LogP contribution in [0.25, 0.3) is 0 Å². The summed E-state index contributed by atoms with van der Waals surface area (Å²) in [4.78, 5) is 12.8. The number of hydrogen-bond donors (Lipinski definition) is 1. The summed E-state index contributed by atoms with van der Waals surface area (Å²) in [5.74, 6) is 0.0948. The van der Waals surface area contributed by atoms with Gasteiger partial charge in [0.1, 0.15) is 0 Å².